The number of nitrogens with zero attached hydrogens (tertiary/aromatic N) is 2. The van der Waals surface area contributed by atoms with Crippen LogP contribution in [0.2, 0.25) is 5.02 Å². The Morgan fingerprint density at radius 2 is 2.08 bits per heavy atom. The van der Waals surface area contributed by atoms with Gasteiger partial charge in [-0.1, -0.05) is 41.9 Å². The van der Waals surface area contributed by atoms with Crippen LogP contribution >= 0.6 is 11.6 Å². The number of hydrogen-bond donors (Lipinski definition) is 1. The molecule has 0 unspecified atom stereocenters. The average molecular weight is 366 g/mol. The molecule has 0 saturated heterocycles. The number of nitrogens with one attached hydrogen (secondary N) is 1. The highest BCUT2D eigenvalue weighted by Crippen LogP contribution is 2.22. The van der Waals surface area contributed by atoms with Crippen molar-refractivity contribution in [3.8, 4) is 11.8 Å². The van der Waals surface area contributed by atoms with Crippen molar-refractivity contribution in [2.45, 2.75) is 6.54 Å². The zero-order valence-electron chi connectivity index (χ0n) is 14.1. The lowest BCUT2D eigenvalue weighted by atomic mass is 10.2. The van der Waals surface area contributed by atoms with Gasteiger partial charge in [-0.2, -0.15) is 10.2 Å². The number of anilines is 1. The number of hydrogen-bond acceptors (Lipinski definition) is 5. The molecular formula is C20H16ClN3O2. The Bertz CT molecular complexity index is 973. The molecule has 0 saturated carbocycles. The Hall–Kier alpha value is -3.23. The van der Waals surface area contributed by atoms with Gasteiger partial charge < -0.3 is 14.5 Å². The van der Waals surface area contributed by atoms with E-state index < -0.39 is 0 Å². The smallest absolute Gasteiger partial charge is 0.232 e. The Balaban J connectivity index is 1.75. The van der Waals surface area contributed by atoms with Crippen LogP contribution in [0, 0.1) is 11.3 Å². The molecule has 0 spiro atoms. The molecule has 2 aromatic carbocycles. The molecule has 6 heteroatoms. The molecule has 1 heterocycles. The molecule has 0 bridgehead atoms. The van der Waals surface area contributed by atoms with Crippen LogP contribution in [0.3, 0.4) is 0 Å². The van der Waals surface area contributed by atoms with Crippen molar-refractivity contribution < 1.29 is 9.15 Å². The van der Waals surface area contributed by atoms with Crippen LogP contribution in [0.25, 0.3) is 12.2 Å². The van der Waals surface area contributed by atoms with Gasteiger partial charge in [-0.25, -0.2) is 0 Å². The average Bonchev–Trinajstić information content (AvgIpc) is 3.08. The molecule has 5 nitrogen and oxygen atoms in total. The molecule has 1 aromatic heterocycles. The van der Waals surface area contributed by atoms with Crippen LogP contribution < -0.4 is 10.1 Å². The predicted octanol–water partition coefficient (Wildman–Crippen LogP) is 4.99. The largest absolute Gasteiger partial charge is 0.497 e. The molecular weight excluding hydrogens is 350 g/mol. The number of nitriles is 1. The Morgan fingerprint density at radius 3 is 2.85 bits per heavy atom. The van der Waals surface area contributed by atoms with Gasteiger partial charge in [0.2, 0.25) is 17.5 Å². The van der Waals surface area contributed by atoms with E-state index in [0.717, 1.165) is 16.9 Å². The summed E-state index contributed by atoms with van der Waals surface area (Å²) in [6.07, 6.45) is 3.55. The summed E-state index contributed by atoms with van der Waals surface area (Å²) in [6.45, 7) is 0.433. The zero-order valence-corrected chi connectivity index (χ0v) is 14.8. The lowest BCUT2D eigenvalue weighted by molar-refractivity contribution is 0.414. The molecule has 0 radical (unpaired) electrons. The summed E-state index contributed by atoms with van der Waals surface area (Å²) >= 11 is 6.14. The summed E-state index contributed by atoms with van der Waals surface area (Å²) in [4.78, 5) is 4.18. The van der Waals surface area contributed by atoms with Gasteiger partial charge in [-0.3, -0.25) is 0 Å². The highest BCUT2D eigenvalue weighted by atomic mass is 35.5. The second kappa shape index (κ2) is 8.24. The van der Waals surface area contributed by atoms with Crippen LogP contribution in [0.5, 0.6) is 5.75 Å². The van der Waals surface area contributed by atoms with E-state index in [0.29, 0.717) is 23.3 Å². The van der Waals surface area contributed by atoms with E-state index in [4.69, 9.17) is 20.8 Å². The van der Waals surface area contributed by atoms with Crippen molar-refractivity contribution >= 4 is 29.6 Å². The fourth-order valence-corrected chi connectivity index (χ4v) is 2.54. The van der Waals surface area contributed by atoms with E-state index in [9.17, 15) is 5.26 Å². The number of rotatable bonds is 6. The second-order valence-electron chi connectivity index (χ2n) is 5.40. The van der Waals surface area contributed by atoms with Crippen LogP contribution in [-0.4, -0.2) is 12.1 Å². The van der Waals surface area contributed by atoms with Crippen molar-refractivity contribution in [3.05, 3.63) is 76.3 Å². The molecule has 0 amide bonds. The highest BCUT2D eigenvalue weighted by molar-refractivity contribution is 6.31. The summed E-state index contributed by atoms with van der Waals surface area (Å²) in [5, 5.41) is 13.0. The van der Waals surface area contributed by atoms with E-state index in [1.807, 2.05) is 60.7 Å². The third-order valence-corrected chi connectivity index (χ3v) is 4.03. The van der Waals surface area contributed by atoms with E-state index in [2.05, 4.69) is 10.3 Å². The first-order valence-corrected chi connectivity index (χ1v) is 8.27. The van der Waals surface area contributed by atoms with Gasteiger partial charge in [-0.05, 0) is 35.4 Å². The summed E-state index contributed by atoms with van der Waals surface area (Å²) in [7, 11) is 1.62. The first-order chi connectivity index (χ1) is 12.7. The molecule has 0 aliphatic carbocycles. The van der Waals surface area contributed by atoms with Gasteiger partial charge in [0.05, 0.1) is 7.11 Å². The normalized spacial score (nSPS) is 10.7. The second-order valence-corrected chi connectivity index (χ2v) is 5.80. The third-order valence-electron chi connectivity index (χ3n) is 3.66. The molecule has 26 heavy (non-hydrogen) atoms. The maximum atomic E-state index is 9.26. The maximum absolute atomic E-state index is 9.26. The van der Waals surface area contributed by atoms with Gasteiger partial charge >= 0.3 is 0 Å². The maximum Gasteiger partial charge on any atom is 0.232 e. The van der Waals surface area contributed by atoms with E-state index in [1.54, 1.807) is 13.2 Å². The molecule has 1 N–H and O–H groups in total. The van der Waals surface area contributed by atoms with Crippen LogP contribution in [-0.2, 0) is 6.54 Å². The van der Waals surface area contributed by atoms with Crippen LogP contribution in [0.4, 0.5) is 5.88 Å². The van der Waals surface area contributed by atoms with Gasteiger partial charge in [0.1, 0.15) is 11.8 Å². The van der Waals surface area contributed by atoms with Crippen molar-refractivity contribution in [2.24, 2.45) is 0 Å². The minimum Gasteiger partial charge on any atom is -0.497 e. The predicted molar refractivity (Wildman–Crippen MR) is 102 cm³/mol. The molecule has 0 atom stereocenters. The number of aromatic nitrogens is 1. The standard InChI is InChI=1S/C20H16ClN3O2/c1-25-16-7-4-5-14(11-16)9-10-19-24-18(12-22)20(26-19)23-13-15-6-2-3-8-17(15)21/h2-11,23H,13H2,1H3/b10-9+. The first-order valence-electron chi connectivity index (χ1n) is 7.90. The Labute approximate surface area is 156 Å². The quantitative estimate of drug-likeness (QED) is 0.666. The Morgan fingerprint density at radius 1 is 1.23 bits per heavy atom. The summed E-state index contributed by atoms with van der Waals surface area (Å²) < 4.78 is 10.8. The summed E-state index contributed by atoms with van der Waals surface area (Å²) in [5.41, 5.74) is 2.04. The third kappa shape index (κ3) is 4.24. The van der Waals surface area contributed by atoms with Crippen molar-refractivity contribution in [1.82, 2.24) is 4.98 Å². The number of benzene rings is 2. The molecule has 3 rings (SSSR count). The highest BCUT2D eigenvalue weighted by Gasteiger charge is 2.11. The first kappa shape index (κ1) is 17.6. The van der Waals surface area contributed by atoms with Crippen molar-refractivity contribution in [1.29, 1.82) is 5.26 Å². The van der Waals surface area contributed by atoms with Crippen LogP contribution in [0.1, 0.15) is 22.7 Å². The number of halogens is 1. The minimum atomic E-state index is 0.197. The summed E-state index contributed by atoms with van der Waals surface area (Å²) in [5.74, 6) is 1.42. The number of ether oxygens (including phenoxy) is 1. The monoisotopic (exact) mass is 365 g/mol. The molecule has 0 aliphatic rings. The van der Waals surface area contributed by atoms with Crippen molar-refractivity contribution in [3.63, 3.8) is 0 Å². The molecule has 0 fully saturated rings. The topological polar surface area (TPSA) is 71.1 Å². The number of methoxy groups -OCH3 is 1. The van der Waals surface area contributed by atoms with Gasteiger partial charge in [0.15, 0.2) is 0 Å². The SMILES string of the molecule is COc1cccc(/C=C/c2nc(C#N)c(NCc3ccccc3Cl)o2)c1. The minimum absolute atomic E-state index is 0.197. The summed E-state index contributed by atoms with van der Waals surface area (Å²) in [6, 6.07) is 17.1. The van der Waals surface area contributed by atoms with Gasteiger partial charge in [0, 0.05) is 17.6 Å². The van der Waals surface area contributed by atoms with Crippen LogP contribution in [0.15, 0.2) is 52.9 Å². The van der Waals surface area contributed by atoms with E-state index in [-0.39, 0.29) is 5.69 Å². The van der Waals surface area contributed by atoms with E-state index in [1.165, 1.54) is 0 Å². The molecule has 0 aliphatic heterocycles. The fourth-order valence-electron chi connectivity index (χ4n) is 2.33. The lowest BCUT2D eigenvalue weighted by Crippen LogP contribution is -2.00. The fraction of sp³-hybridized carbons (Fsp3) is 0.100. The lowest BCUT2D eigenvalue weighted by Gasteiger charge is -2.04. The molecule has 130 valence electrons. The Kier molecular flexibility index (Phi) is 5.57. The number of oxazole rings is 1. The molecule has 3 aromatic rings. The van der Waals surface area contributed by atoms with Gasteiger partial charge in [0.25, 0.3) is 0 Å². The van der Waals surface area contributed by atoms with E-state index >= 15 is 0 Å². The van der Waals surface area contributed by atoms with Crippen molar-refractivity contribution in [2.75, 3.05) is 12.4 Å². The zero-order chi connectivity index (χ0) is 18.4. The van der Waals surface area contributed by atoms with Gasteiger partial charge in [-0.15, -0.1) is 0 Å².